The fourth-order valence-corrected chi connectivity index (χ4v) is 1.71. The topological polar surface area (TPSA) is 37.0 Å². The van der Waals surface area contributed by atoms with Crippen molar-refractivity contribution in [1.82, 2.24) is 4.98 Å². The molecule has 0 bridgehead atoms. The number of alkyl halides is 3. The summed E-state index contributed by atoms with van der Waals surface area (Å²) < 4.78 is 51.1. The van der Waals surface area contributed by atoms with Gasteiger partial charge in [0.15, 0.2) is 0 Å². The molecule has 0 aliphatic heterocycles. The van der Waals surface area contributed by atoms with Crippen LogP contribution in [0, 0.1) is 5.82 Å². The zero-order valence-electron chi connectivity index (χ0n) is 11.1. The second kappa shape index (κ2) is 5.99. The van der Waals surface area contributed by atoms with Gasteiger partial charge < -0.3 is 10.6 Å². The van der Waals surface area contributed by atoms with Crippen LogP contribution in [-0.4, -0.2) is 12.0 Å². The molecule has 2 aromatic rings. The fourth-order valence-electron chi connectivity index (χ4n) is 1.71. The molecule has 0 aliphatic rings. The Bertz CT molecular complexity index is 609. The Morgan fingerprint density at radius 3 is 2.24 bits per heavy atom. The van der Waals surface area contributed by atoms with Crippen molar-refractivity contribution in [3.05, 3.63) is 53.3 Å². The summed E-state index contributed by atoms with van der Waals surface area (Å²) in [5, 5.41) is 5.38. The number of halogens is 4. The summed E-state index contributed by atoms with van der Waals surface area (Å²) in [7, 11) is 1.49. The van der Waals surface area contributed by atoms with Crippen LogP contribution < -0.4 is 10.6 Å². The van der Waals surface area contributed by atoms with Gasteiger partial charge in [0.2, 0.25) is 0 Å². The number of pyridine rings is 1. The van der Waals surface area contributed by atoms with E-state index in [1.807, 2.05) is 0 Å². The number of hydrogen-bond donors (Lipinski definition) is 2. The number of nitrogens with zero attached hydrogens (tertiary/aromatic N) is 1. The van der Waals surface area contributed by atoms with E-state index in [9.17, 15) is 17.6 Å². The molecule has 0 spiro atoms. The van der Waals surface area contributed by atoms with Crippen LogP contribution in [0.15, 0.2) is 36.4 Å². The van der Waals surface area contributed by atoms with Crippen molar-refractivity contribution in [2.45, 2.75) is 12.7 Å². The summed E-state index contributed by atoms with van der Waals surface area (Å²) in [4.78, 5) is 4.00. The molecule has 7 heteroatoms. The van der Waals surface area contributed by atoms with Crippen LogP contribution in [0.4, 0.5) is 29.2 Å². The quantitative estimate of drug-likeness (QED) is 0.841. The molecule has 2 N–H and O–H groups in total. The Kier molecular flexibility index (Phi) is 4.30. The molecule has 1 aromatic heterocycles. The van der Waals surface area contributed by atoms with Crippen LogP contribution in [0.5, 0.6) is 0 Å². The average Bonchev–Trinajstić information content (AvgIpc) is 2.45. The highest BCUT2D eigenvalue weighted by Gasteiger charge is 2.31. The summed E-state index contributed by atoms with van der Waals surface area (Å²) in [5.41, 5.74) is -0.0509. The number of benzene rings is 1. The van der Waals surface area contributed by atoms with E-state index in [1.165, 1.54) is 19.2 Å². The number of rotatable bonds is 4. The first-order valence-electron chi connectivity index (χ1n) is 6.14. The van der Waals surface area contributed by atoms with Gasteiger partial charge in [0.1, 0.15) is 17.5 Å². The third-order valence-corrected chi connectivity index (χ3v) is 2.80. The van der Waals surface area contributed by atoms with Crippen molar-refractivity contribution >= 4 is 11.6 Å². The van der Waals surface area contributed by atoms with E-state index in [0.29, 0.717) is 0 Å². The third-order valence-electron chi connectivity index (χ3n) is 2.80. The van der Waals surface area contributed by atoms with Crippen molar-refractivity contribution < 1.29 is 17.6 Å². The Labute approximate surface area is 119 Å². The Morgan fingerprint density at radius 1 is 1.05 bits per heavy atom. The lowest BCUT2D eigenvalue weighted by Gasteiger charge is -2.12. The molecule has 2 rings (SSSR count). The summed E-state index contributed by atoms with van der Waals surface area (Å²) in [6.07, 6.45) is -4.44. The second-order valence-corrected chi connectivity index (χ2v) is 4.35. The van der Waals surface area contributed by atoms with Gasteiger partial charge in [-0.05, 0) is 29.8 Å². The summed E-state index contributed by atoms with van der Waals surface area (Å²) in [6.45, 7) is 0.248. The van der Waals surface area contributed by atoms with Crippen molar-refractivity contribution in [1.29, 1.82) is 0 Å². The molecule has 3 nitrogen and oxygen atoms in total. The number of anilines is 2. The van der Waals surface area contributed by atoms with Crippen LogP contribution >= 0.6 is 0 Å². The van der Waals surface area contributed by atoms with Crippen molar-refractivity contribution in [3.8, 4) is 0 Å². The van der Waals surface area contributed by atoms with Gasteiger partial charge in [-0.3, -0.25) is 0 Å². The molecule has 0 radical (unpaired) electrons. The maximum atomic E-state index is 12.8. The van der Waals surface area contributed by atoms with E-state index >= 15 is 0 Å². The fraction of sp³-hybridized carbons (Fsp3) is 0.214. The molecule has 112 valence electrons. The Balaban J connectivity index is 2.17. The SMILES string of the molecule is CNc1cc(C(F)(F)F)cc(NCc2ccc(F)cc2)n1. The van der Waals surface area contributed by atoms with E-state index in [-0.39, 0.29) is 24.0 Å². The van der Waals surface area contributed by atoms with Crippen LogP contribution in [0.3, 0.4) is 0 Å². The second-order valence-electron chi connectivity index (χ2n) is 4.35. The summed E-state index contributed by atoms with van der Waals surface area (Å²) in [5.74, 6) is -0.154. The van der Waals surface area contributed by atoms with Gasteiger partial charge in [-0.1, -0.05) is 12.1 Å². The molecule has 1 heterocycles. The predicted molar refractivity (Wildman–Crippen MR) is 72.5 cm³/mol. The minimum Gasteiger partial charge on any atom is -0.373 e. The van der Waals surface area contributed by atoms with Gasteiger partial charge in [0.25, 0.3) is 0 Å². The van der Waals surface area contributed by atoms with Gasteiger partial charge in [-0.25, -0.2) is 9.37 Å². The number of aromatic nitrogens is 1. The van der Waals surface area contributed by atoms with Gasteiger partial charge in [-0.15, -0.1) is 0 Å². The van der Waals surface area contributed by atoms with Gasteiger partial charge in [0.05, 0.1) is 5.56 Å². The largest absolute Gasteiger partial charge is 0.416 e. The van der Waals surface area contributed by atoms with Crippen LogP contribution in [0.25, 0.3) is 0 Å². The Hall–Kier alpha value is -2.31. The van der Waals surface area contributed by atoms with Crippen LogP contribution in [0.1, 0.15) is 11.1 Å². The minimum absolute atomic E-state index is 0.0958. The van der Waals surface area contributed by atoms with E-state index < -0.39 is 11.7 Å². The molecule has 0 saturated carbocycles. The van der Waals surface area contributed by atoms with Crippen LogP contribution in [-0.2, 0) is 12.7 Å². The maximum absolute atomic E-state index is 12.8. The molecule has 0 unspecified atom stereocenters. The van der Waals surface area contributed by atoms with E-state index in [2.05, 4.69) is 15.6 Å². The third kappa shape index (κ3) is 4.08. The minimum atomic E-state index is -4.44. The normalized spacial score (nSPS) is 11.3. The molecule has 0 amide bonds. The Morgan fingerprint density at radius 2 is 1.67 bits per heavy atom. The number of hydrogen-bond acceptors (Lipinski definition) is 3. The summed E-state index contributed by atoms with van der Waals surface area (Å²) >= 11 is 0. The van der Waals surface area contributed by atoms with Crippen molar-refractivity contribution in [2.24, 2.45) is 0 Å². The molecular formula is C14H13F4N3. The molecule has 21 heavy (non-hydrogen) atoms. The highest BCUT2D eigenvalue weighted by molar-refractivity contribution is 5.49. The molecular weight excluding hydrogens is 286 g/mol. The predicted octanol–water partition coefficient (Wildman–Crippen LogP) is 3.89. The average molecular weight is 299 g/mol. The standard InChI is InChI=1S/C14H13F4N3/c1-19-12-6-10(14(16,17)18)7-13(21-12)20-8-9-2-4-11(15)5-3-9/h2-7H,8H2,1H3,(H2,19,20,21). The van der Waals surface area contributed by atoms with Crippen molar-refractivity contribution in [3.63, 3.8) is 0 Å². The number of nitrogens with one attached hydrogen (secondary N) is 2. The van der Waals surface area contributed by atoms with E-state index in [4.69, 9.17) is 0 Å². The highest BCUT2D eigenvalue weighted by Crippen LogP contribution is 2.32. The van der Waals surface area contributed by atoms with E-state index in [0.717, 1.165) is 17.7 Å². The van der Waals surface area contributed by atoms with Gasteiger partial charge in [-0.2, -0.15) is 13.2 Å². The van der Waals surface area contributed by atoms with E-state index in [1.54, 1.807) is 12.1 Å². The molecule has 0 aliphatic carbocycles. The molecule has 0 fully saturated rings. The monoisotopic (exact) mass is 299 g/mol. The molecule has 0 saturated heterocycles. The summed E-state index contributed by atoms with van der Waals surface area (Å²) in [6, 6.07) is 7.54. The van der Waals surface area contributed by atoms with Crippen LogP contribution in [0.2, 0.25) is 0 Å². The van der Waals surface area contributed by atoms with Gasteiger partial charge >= 0.3 is 6.18 Å². The lowest BCUT2D eigenvalue weighted by molar-refractivity contribution is -0.137. The van der Waals surface area contributed by atoms with Gasteiger partial charge in [0, 0.05) is 13.6 Å². The zero-order chi connectivity index (χ0) is 15.5. The highest BCUT2D eigenvalue weighted by atomic mass is 19.4. The first-order valence-corrected chi connectivity index (χ1v) is 6.14. The van der Waals surface area contributed by atoms with Crippen molar-refractivity contribution in [2.75, 3.05) is 17.7 Å². The molecule has 1 aromatic carbocycles. The maximum Gasteiger partial charge on any atom is 0.416 e. The lowest BCUT2D eigenvalue weighted by Crippen LogP contribution is -2.09. The zero-order valence-corrected chi connectivity index (χ0v) is 11.1. The molecule has 0 atom stereocenters. The first-order chi connectivity index (χ1) is 9.88. The smallest absolute Gasteiger partial charge is 0.373 e. The lowest BCUT2D eigenvalue weighted by atomic mass is 10.2. The first kappa shape index (κ1) is 15.1.